The summed E-state index contributed by atoms with van der Waals surface area (Å²) in [4.78, 5) is 15.5. The summed E-state index contributed by atoms with van der Waals surface area (Å²) < 4.78 is 33.2. The number of benzene rings is 1. The highest BCUT2D eigenvalue weighted by Crippen LogP contribution is 2.30. The normalized spacial score (nSPS) is 14.3. The van der Waals surface area contributed by atoms with Crippen molar-refractivity contribution in [1.29, 1.82) is 0 Å². The Hall–Kier alpha value is -4.54. The van der Waals surface area contributed by atoms with E-state index in [9.17, 15) is 0 Å². The zero-order valence-electron chi connectivity index (χ0n) is 20.8. The number of halogens is 2. The van der Waals surface area contributed by atoms with Crippen LogP contribution in [0.4, 0.5) is 14.7 Å². The number of tetrazole rings is 1. The van der Waals surface area contributed by atoms with Gasteiger partial charge in [-0.25, -0.2) is 23.4 Å². The number of piperidine rings is 1. The van der Waals surface area contributed by atoms with Crippen molar-refractivity contribution in [2.75, 3.05) is 18.0 Å². The summed E-state index contributed by atoms with van der Waals surface area (Å²) in [5.41, 5.74) is 3.87. The first kappa shape index (κ1) is 23.8. The van der Waals surface area contributed by atoms with Gasteiger partial charge in [-0.05, 0) is 65.4 Å². The standard InChI is InChI=1S/C27H25F2N9/c1-17(2)21-13-31-27(32-14-21)36-6-3-18(4-7-36)20-10-23(28)25(30-12-20)15-37-8-5-19-9-22(11-24(29)26(19)37)38-16-33-34-35-38/h5,8-14,16,18H,1,3-4,6-7,15H2,2H3. The van der Waals surface area contributed by atoms with Gasteiger partial charge in [0.2, 0.25) is 5.95 Å². The van der Waals surface area contributed by atoms with E-state index in [1.165, 1.54) is 17.1 Å². The molecule has 1 saturated heterocycles. The minimum atomic E-state index is -0.444. The van der Waals surface area contributed by atoms with E-state index in [0.29, 0.717) is 22.5 Å². The summed E-state index contributed by atoms with van der Waals surface area (Å²) in [7, 11) is 0. The summed E-state index contributed by atoms with van der Waals surface area (Å²) in [6.45, 7) is 7.52. The molecular weight excluding hydrogens is 488 g/mol. The Morgan fingerprint density at radius 2 is 1.82 bits per heavy atom. The van der Waals surface area contributed by atoms with Crippen LogP contribution in [0.15, 0.2) is 62.0 Å². The van der Waals surface area contributed by atoms with Crippen LogP contribution in [-0.4, -0.2) is 52.8 Å². The Morgan fingerprint density at radius 3 is 2.50 bits per heavy atom. The topological polar surface area (TPSA) is 90.4 Å². The fourth-order valence-corrected chi connectivity index (χ4v) is 4.92. The molecule has 0 aliphatic carbocycles. The molecule has 38 heavy (non-hydrogen) atoms. The van der Waals surface area contributed by atoms with Crippen LogP contribution in [-0.2, 0) is 6.54 Å². The van der Waals surface area contributed by atoms with Gasteiger partial charge < -0.3 is 9.47 Å². The molecule has 0 radical (unpaired) electrons. The first-order valence-electron chi connectivity index (χ1n) is 12.3. The first-order valence-corrected chi connectivity index (χ1v) is 12.3. The molecule has 1 aromatic carbocycles. The number of aromatic nitrogens is 8. The number of nitrogens with zero attached hydrogens (tertiary/aromatic N) is 9. The molecule has 11 heteroatoms. The molecule has 1 aliphatic rings. The quantitative estimate of drug-likeness (QED) is 0.329. The maximum Gasteiger partial charge on any atom is 0.225 e. The smallest absolute Gasteiger partial charge is 0.225 e. The highest BCUT2D eigenvalue weighted by molar-refractivity contribution is 5.83. The van der Waals surface area contributed by atoms with Crippen LogP contribution in [0.5, 0.6) is 0 Å². The lowest BCUT2D eigenvalue weighted by Gasteiger charge is -2.32. The third-order valence-electron chi connectivity index (χ3n) is 7.05. The van der Waals surface area contributed by atoms with E-state index in [-0.39, 0.29) is 18.2 Å². The van der Waals surface area contributed by atoms with Gasteiger partial charge in [-0.2, -0.15) is 0 Å². The molecular formula is C27H25F2N9. The largest absolute Gasteiger partial charge is 0.341 e. The van der Waals surface area contributed by atoms with E-state index in [1.807, 2.05) is 6.92 Å². The highest BCUT2D eigenvalue weighted by Gasteiger charge is 2.23. The lowest BCUT2D eigenvalue weighted by Crippen LogP contribution is -2.34. The molecule has 192 valence electrons. The number of rotatable bonds is 6. The molecule has 0 bridgehead atoms. The van der Waals surface area contributed by atoms with Crippen molar-refractivity contribution in [2.45, 2.75) is 32.2 Å². The molecule has 1 aliphatic heterocycles. The van der Waals surface area contributed by atoms with Crippen LogP contribution in [0, 0.1) is 11.6 Å². The second-order valence-electron chi connectivity index (χ2n) is 9.57. The molecule has 6 rings (SSSR count). The third kappa shape index (κ3) is 4.51. The summed E-state index contributed by atoms with van der Waals surface area (Å²) in [5, 5.41) is 11.6. The van der Waals surface area contributed by atoms with E-state index >= 15 is 8.78 Å². The summed E-state index contributed by atoms with van der Waals surface area (Å²) in [5.74, 6) is 0.0622. The second-order valence-corrected chi connectivity index (χ2v) is 9.57. The van der Waals surface area contributed by atoms with Crippen LogP contribution in [0.1, 0.15) is 42.5 Å². The SMILES string of the molecule is C=C(C)c1cnc(N2CCC(c3cnc(Cn4ccc5cc(-n6cnnn6)cc(F)c54)c(F)c3)CC2)nc1. The number of anilines is 1. The average molecular weight is 514 g/mol. The van der Waals surface area contributed by atoms with Crippen molar-refractivity contribution >= 4 is 22.4 Å². The monoisotopic (exact) mass is 513 g/mol. The molecule has 5 heterocycles. The number of hydrogen-bond donors (Lipinski definition) is 0. The van der Waals surface area contributed by atoms with Crippen molar-refractivity contribution in [1.82, 2.24) is 39.7 Å². The van der Waals surface area contributed by atoms with Crippen LogP contribution in [0.3, 0.4) is 0 Å². The molecule has 0 N–H and O–H groups in total. The Kier molecular flexibility index (Phi) is 6.10. The maximum absolute atomic E-state index is 15.2. The number of pyridine rings is 1. The van der Waals surface area contributed by atoms with Crippen LogP contribution >= 0.6 is 0 Å². The van der Waals surface area contributed by atoms with Gasteiger partial charge in [0.15, 0.2) is 0 Å². The van der Waals surface area contributed by atoms with Gasteiger partial charge >= 0.3 is 0 Å². The average Bonchev–Trinajstić information content (AvgIpc) is 3.61. The fraction of sp³-hybridized carbons (Fsp3) is 0.259. The molecule has 0 spiro atoms. The Bertz CT molecular complexity index is 1600. The Morgan fingerprint density at radius 1 is 1.03 bits per heavy atom. The van der Waals surface area contributed by atoms with Crippen molar-refractivity contribution < 1.29 is 8.78 Å². The van der Waals surface area contributed by atoms with Crippen molar-refractivity contribution in [2.24, 2.45) is 0 Å². The lowest BCUT2D eigenvalue weighted by molar-refractivity contribution is 0.492. The summed E-state index contributed by atoms with van der Waals surface area (Å²) >= 11 is 0. The summed E-state index contributed by atoms with van der Waals surface area (Å²) in [6.07, 6.45) is 10.2. The zero-order chi connectivity index (χ0) is 26.2. The molecule has 4 aromatic heterocycles. The Labute approximate surface area is 217 Å². The molecule has 1 fully saturated rings. The van der Waals surface area contributed by atoms with E-state index in [0.717, 1.165) is 42.6 Å². The summed E-state index contributed by atoms with van der Waals surface area (Å²) in [6, 6.07) is 6.49. The first-order chi connectivity index (χ1) is 18.5. The van der Waals surface area contributed by atoms with Gasteiger partial charge in [0, 0.05) is 54.9 Å². The zero-order valence-corrected chi connectivity index (χ0v) is 20.8. The van der Waals surface area contributed by atoms with Crippen LogP contribution in [0.2, 0.25) is 0 Å². The van der Waals surface area contributed by atoms with E-state index in [2.05, 4.69) is 42.0 Å². The minimum absolute atomic E-state index is 0.118. The van der Waals surface area contributed by atoms with Crippen molar-refractivity contribution in [3.8, 4) is 5.69 Å². The predicted octanol–water partition coefficient (Wildman–Crippen LogP) is 4.55. The van der Waals surface area contributed by atoms with Gasteiger partial charge in [0.05, 0.1) is 23.4 Å². The van der Waals surface area contributed by atoms with E-state index in [1.54, 1.807) is 47.6 Å². The third-order valence-corrected chi connectivity index (χ3v) is 7.05. The van der Waals surface area contributed by atoms with Crippen molar-refractivity contribution in [3.05, 3.63) is 90.4 Å². The molecule has 0 unspecified atom stereocenters. The minimum Gasteiger partial charge on any atom is -0.341 e. The number of fused-ring (bicyclic) bond motifs is 1. The number of hydrogen-bond acceptors (Lipinski definition) is 7. The van der Waals surface area contributed by atoms with Gasteiger partial charge in [-0.3, -0.25) is 4.98 Å². The van der Waals surface area contributed by atoms with E-state index < -0.39 is 11.6 Å². The molecule has 0 atom stereocenters. The highest BCUT2D eigenvalue weighted by atomic mass is 19.1. The van der Waals surface area contributed by atoms with Gasteiger partial charge in [-0.15, -0.1) is 5.10 Å². The molecule has 0 amide bonds. The second kappa shape index (κ2) is 9.73. The van der Waals surface area contributed by atoms with Gasteiger partial charge in [0.1, 0.15) is 18.0 Å². The van der Waals surface area contributed by atoms with Crippen LogP contribution in [0.25, 0.3) is 22.2 Å². The van der Waals surface area contributed by atoms with Crippen LogP contribution < -0.4 is 4.90 Å². The molecule has 5 aromatic rings. The fourth-order valence-electron chi connectivity index (χ4n) is 4.92. The molecule has 9 nitrogen and oxygen atoms in total. The lowest BCUT2D eigenvalue weighted by atomic mass is 9.90. The Balaban J connectivity index is 1.15. The number of allylic oxidation sites excluding steroid dienone is 1. The van der Waals surface area contributed by atoms with Gasteiger partial charge in [0.25, 0.3) is 0 Å². The van der Waals surface area contributed by atoms with Gasteiger partial charge in [-0.1, -0.05) is 6.58 Å². The van der Waals surface area contributed by atoms with E-state index in [4.69, 9.17) is 0 Å². The maximum atomic E-state index is 15.2. The van der Waals surface area contributed by atoms with Crippen molar-refractivity contribution in [3.63, 3.8) is 0 Å². The molecule has 0 saturated carbocycles. The predicted molar refractivity (Wildman–Crippen MR) is 139 cm³/mol.